The number of carbonyl (C=O) groups is 1. The first-order chi connectivity index (χ1) is 11.2. The van der Waals surface area contributed by atoms with Gasteiger partial charge in [0.2, 0.25) is 0 Å². The summed E-state index contributed by atoms with van der Waals surface area (Å²) < 4.78 is 8.61. The van der Waals surface area contributed by atoms with E-state index in [0.29, 0.717) is 11.4 Å². The summed E-state index contributed by atoms with van der Waals surface area (Å²) in [5.41, 5.74) is 0.966. The second-order valence-electron chi connectivity index (χ2n) is 4.78. The summed E-state index contributed by atoms with van der Waals surface area (Å²) in [6, 6.07) is 9.80. The molecule has 0 unspecified atom stereocenters. The van der Waals surface area contributed by atoms with Gasteiger partial charge in [0.05, 0.1) is 11.3 Å². The Bertz CT molecular complexity index is 918. The molecule has 0 bridgehead atoms. The zero-order valence-electron chi connectivity index (χ0n) is 12.9. The molecule has 3 aromatic rings. The third-order valence-corrected chi connectivity index (χ3v) is 5.16. The number of thiophene rings is 1. The van der Waals surface area contributed by atoms with E-state index in [4.69, 9.17) is 4.74 Å². The Labute approximate surface area is 142 Å². The minimum atomic E-state index is -0.265. The molecular weight excluding hydrogens is 328 g/mol. The SMILES string of the molecule is CCOc1cccc2sc(=NC(=O)C=Cc3cccs3)n(C)c12. The van der Waals surface area contributed by atoms with Crippen LogP contribution in [0.15, 0.2) is 46.8 Å². The summed E-state index contributed by atoms with van der Waals surface area (Å²) in [6.07, 6.45) is 3.29. The van der Waals surface area contributed by atoms with E-state index in [1.165, 1.54) is 17.4 Å². The molecule has 2 heterocycles. The summed E-state index contributed by atoms with van der Waals surface area (Å²) in [5, 5.41) is 1.97. The van der Waals surface area contributed by atoms with Gasteiger partial charge in [-0.25, -0.2) is 0 Å². The lowest BCUT2D eigenvalue weighted by atomic mass is 10.3. The first kappa shape index (κ1) is 15.7. The molecule has 0 N–H and O–H groups in total. The molecule has 2 aromatic heterocycles. The van der Waals surface area contributed by atoms with Crippen LogP contribution < -0.4 is 9.54 Å². The van der Waals surface area contributed by atoms with Crippen molar-refractivity contribution in [3.05, 3.63) is 51.5 Å². The van der Waals surface area contributed by atoms with Crippen LogP contribution in [0.2, 0.25) is 0 Å². The molecular formula is C17H16N2O2S2. The van der Waals surface area contributed by atoms with E-state index in [2.05, 4.69) is 4.99 Å². The molecule has 6 heteroatoms. The molecule has 0 radical (unpaired) electrons. The minimum absolute atomic E-state index is 0.265. The first-order valence-corrected chi connectivity index (χ1v) is 8.90. The van der Waals surface area contributed by atoms with E-state index in [1.54, 1.807) is 17.4 Å². The predicted octanol–water partition coefficient (Wildman–Crippen LogP) is 3.84. The van der Waals surface area contributed by atoms with Gasteiger partial charge in [0.25, 0.3) is 5.91 Å². The Morgan fingerprint density at radius 1 is 1.35 bits per heavy atom. The quantitative estimate of drug-likeness (QED) is 0.675. The number of amides is 1. The lowest BCUT2D eigenvalue weighted by Crippen LogP contribution is -2.12. The summed E-state index contributed by atoms with van der Waals surface area (Å²) >= 11 is 3.07. The molecule has 0 fully saturated rings. The van der Waals surface area contributed by atoms with Gasteiger partial charge in [-0.2, -0.15) is 4.99 Å². The number of fused-ring (bicyclic) bond motifs is 1. The Morgan fingerprint density at radius 3 is 2.96 bits per heavy atom. The Balaban J connectivity index is 1.97. The van der Waals surface area contributed by atoms with Gasteiger partial charge in [0.15, 0.2) is 4.80 Å². The van der Waals surface area contributed by atoms with Crippen molar-refractivity contribution in [1.29, 1.82) is 0 Å². The van der Waals surface area contributed by atoms with E-state index in [-0.39, 0.29) is 5.91 Å². The van der Waals surface area contributed by atoms with Crippen molar-refractivity contribution >= 4 is 44.9 Å². The van der Waals surface area contributed by atoms with Crippen LogP contribution in [-0.2, 0) is 11.8 Å². The molecule has 0 atom stereocenters. The van der Waals surface area contributed by atoms with Crippen molar-refractivity contribution < 1.29 is 9.53 Å². The fraction of sp³-hybridized carbons (Fsp3) is 0.176. The van der Waals surface area contributed by atoms with Crippen molar-refractivity contribution in [2.24, 2.45) is 12.0 Å². The number of para-hydroxylation sites is 1. The van der Waals surface area contributed by atoms with Crippen LogP contribution in [0, 0.1) is 0 Å². The second kappa shape index (κ2) is 6.93. The zero-order chi connectivity index (χ0) is 16.2. The topological polar surface area (TPSA) is 43.6 Å². The zero-order valence-corrected chi connectivity index (χ0v) is 14.5. The summed E-state index contributed by atoms with van der Waals surface area (Å²) in [4.78, 5) is 18.0. The molecule has 1 amide bonds. The highest BCUT2D eigenvalue weighted by molar-refractivity contribution is 7.16. The van der Waals surface area contributed by atoms with Crippen LogP contribution in [0.1, 0.15) is 11.8 Å². The number of ether oxygens (including phenoxy) is 1. The maximum Gasteiger partial charge on any atom is 0.272 e. The first-order valence-electron chi connectivity index (χ1n) is 7.20. The van der Waals surface area contributed by atoms with Crippen LogP contribution in [0.25, 0.3) is 16.3 Å². The fourth-order valence-electron chi connectivity index (χ4n) is 2.22. The molecule has 3 rings (SSSR count). The number of carbonyl (C=O) groups excluding carboxylic acids is 1. The van der Waals surface area contributed by atoms with E-state index in [0.717, 1.165) is 20.8 Å². The standard InChI is InChI=1S/C17H16N2O2S2/c1-3-21-13-7-4-8-14-16(13)19(2)17(23-14)18-15(20)10-9-12-6-5-11-22-12/h4-11H,3H2,1-2H3. The molecule has 23 heavy (non-hydrogen) atoms. The van der Waals surface area contributed by atoms with Crippen molar-refractivity contribution in [2.75, 3.05) is 6.61 Å². The molecule has 0 aliphatic heterocycles. The molecule has 0 aliphatic rings. The highest BCUT2D eigenvalue weighted by Gasteiger charge is 2.09. The largest absolute Gasteiger partial charge is 0.492 e. The number of aromatic nitrogens is 1. The molecule has 0 spiro atoms. The number of nitrogens with zero attached hydrogens (tertiary/aromatic N) is 2. The molecule has 0 saturated heterocycles. The van der Waals surface area contributed by atoms with Crippen LogP contribution >= 0.6 is 22.7 Å². The lowest BCUT2D eigenvalue weighted by Gasteiger charge is -2.05. The van der Waals surface area contributed by atoms with E-state index in [1.807, 2.05) is 54.3 Å². The predicted molar refractivity (Wildman–Crippen MR) is 95.9 cm³/mol. The number of benzene rings is 1. The third kappa shape index (κ3) is 3.43. The average Bonchev–Trinajstić information content (AvgIpc) is 3.15. The van der Waals surface area contributed by atoms with Gasteiger partial charge in [0.1, 0.15) is 11.3 Å². The molecule has 4 nitrogen and oxygen atoms in total. The van der Waals surface area contributed by atoms with E-state index in [9.17, 15) is 4.79 Å². The Kier molecular flexibility index (Phi) is 4.73. The summed E-state index contributed by atoms with van der Waals surface area (Å²) in [6.45, 7) is 2.55. The number of thiazole rings is 1. The van der Waals surface area contributed by atoms with Crippen molar-refractivity contribution in [1.82, 2.24) is 4.57 Å². The number of rotatable bonds is 4. The van der Waals surface area contributed by atoms with Gasteiger partial charge in [-0.15, -0.1) is 11.3 Å². The normalized spacial score (nSPS) is 12.3. The Hall–Kier alpha value is -2.18. The molecule has 0 saturated carbocycles. The van der Waals surface area contributed by atoms with Crippen LogP contribution in [0.4, 0.5) is 0 Å². The number of aryl methyl sites for hydroxylation is 1. The van der Waals surface area contributed by atoms with E-state index >= 15 is 0 Å². The number of hydrogen-bond acceptors (Lipinski definition) is 4. The van der Waals surface area contributed by atoms with Gasteiger partial charge < -0.3 is 9.30 Å². The highest BCUT2D eigenvalue weighted by Crippen LogP contribution is 2.26. The number of hydrogen-bond donors (Lipinski definition) is 0. The summed E-state index contributed by atoms with van der Waals surface area (Å²) in [5.74, 6) is 0.547. The van der Waals surface area contributed by atoms with Gasteiger partial charge in [-0.3, -0.25) is 4.79 Å². The highest BCUT2D eigenvalue weighted by atomic mass is 32.1. The maximum absolute atomic E-state index is 12.1. The van der Waals surface area contributed by atoms with Crippen molar-refractivity contribution in [2.45, 2.75) is 6.92 Å². The van der Waals surface area contributed by atoms with Gasteiger partial charge in [0, 0.05) is 18.0 Å². The molecule has 118 valence electrons. The second-order valence-corrected chi connectivity index (χ2v) is 6.77. The van der Waals surface area contributed by atoms with Gasteiger partial charge in [-0.05, 0) is 36.6 Å². The fourth-order valence-corrected chi connectivity index (χ4v) is 3.88. The van der Waals surface area contributed by atoms with Crippen LogP contribution in [-0.4, -0.2) is 17.1 Å². The van der Waals surface area contributed by atoms with Crippen molar-refractivity contribution in [3.8, 4) is 5.75 Å². The molecule has 1 aromatic carbocycles. The smallest absolute Gasteiger partial charge is 0.272 e. The third-order valence-electron chi connectivity index (χ3n) is 3.22. The minimum Gasteiger partial charge on any atom is -0.492 e. The van der Waals surface area contributed by atoms with Gasteiger partial charge >= 0.3 is 0 Å². The lowest BCUT2D eigenvalue weighted by molar-refractivity contribution is -0.113. The monoisotopic (exact) mass is 344 g/mol. The van der Waals surface area contributed by atoms with Crippen molar-refractivity contribution in [3.63, 3.8) is 0 Å². The average molecular weight is 344 g/mol. The van der Waals surface area contributed by atoms with Crippen LogP contribution in [0.3, 0.4) is 0 Å². The van der Waals surface area contributed by atoms with E-state index < -0.39 is 0 Å². The van der Waals surface area contributed by atoms with Gasteiger partial charge in [-0.1, -0.05) is 23.5 Å². The maximum atomic E-state index is 12.1. The van der Waals surface area contributed by atoms with Crippen LogP contribution in [0.5, 0.6) is 5.75 Å². The molecule has 0 aliphatic carbocycles. The Morgan fingerprint density at radius 2 is 2.22 bits per heavy atom. The summed E-state index contributed by atoms with van der Waals surface area (Å²) in [7, 11) is 1.90.